The maximum absolute atomic E-state index is 12.7. The van der Waals surface area contributed by atoms with E-state index in [-0.39, 0.29) is 17.4 Å². The first kappa shape index (κ1) is 17.9. The van der Waals surface area contributed by atoms with Gasteiger partial charge in [-0.1, -0.05) is 12.5 Å². The van der Waals surface area contributed by atoms with Crippen LogP contribution in [0.4, 0.5) is 0 Å². The van der Waals surface area contributed by atoms with E-state index in [4.69, 9.17) is 5.11 Å². The van der Waals surface area contributed by atoms with Crippen molar-refractivity contribution in [2.24, 2.45) is 0 Å². The SMILES string of the molecule is Cc1ccc(S(=O)(=O)N2CCCCC2)cc1C(=O)NCCCO. The van der Waals surface area contributed by atoms with E-state index in [1.54, 1.807) is 19.1 Å². The molecule has 2 N–H and O–H groups in total. The van der Waals surface area contributed by atoms with E-state index in [2.05, 4.69) is 5.32 Å². The predicted molar refractivity (Wildman–Crippen MR) is 87.8 cm³/mol. The van der Waals surface area contributed by atoms with Crippen molar-refractivity contribution in [1.82, 2.24) is 9.62 Å². The van der Waals surface area contributed by atoms with E-state index in [9.17, 15) is 13.2 Å². The molecule has 2 rings (SSSR count). The molecule has 0 saturated carbocycles. The second-order valence-electron chi connectivity index (χ2n) is 5.77. The zero-order valence-corrected chi connectivity index (χ0v) is 14.2. The highest BCUT2D eigenvalue weighted by molar-refractivity contribution is 7.89. The maximum Gasteiger partial charge on any atom is 0.251 e. The van der Waals surface area contributed by atoms with E-state index in [0.29, 0.717) is 31.6 Å². The van der Waals surface area contributed by atoms with Gasteiger partial charge in [0.25, 0.3) is 5.91 Å². The van der Waals surface area contributed by atoms with Crippen LogP contribution in [-0.2, 0) is 10.0 Å². The summed E-state index contributed by atoms with van der Waals surface area (Å²) in [5.41, 5.74) is 1.09. The molecule has 1 saturated heterocycles. The highest BCUT2D eigenvalue weighted by Gasteiger charge is 2.26. The zero-order chi connectivity index (χ0) is 16.9. The van der Waals surface area contributed by atoms with Crippen LogP contribution in [-0.4, -0.2) is 50.0 Å². The summed E-state index contributed by atoms with van der Waals surface area (Å²) in [5, 5.41) is 11.5. The molecule has 0 unspecified atom stereocenters. The fourth-order valence-electron chi connectivity index (χ4n) is 2.64. The first-order valence-electron chi connectivity index (χ1n) is 7.96. The van der Waals surface area contributed by atoms with Gasteiger partial charge in [-0.15, -0.1) is 0 Å². The number of aliphatic hydroxyl groups is 1. The van der Waals surface area contributed by atoms with Crippen LogP contribution in [0.15, 0.2) is 23.1 Å². The number of hydrogen-bond donors (Lipinski definition) is 2. The first-order valence-corrected chi connectivity index (χ1v) is 9.40. The molecule has 1 aliphatic rings. The summed E-state index contributed by atoms with van der Waals surface area (Å²) in [6.45, 7) is 3.21. The molecule has 1 amide bonds. The summed E-state index contributed by atoms with van der Waals surface area (Å²) in [5.74, 6) is -0.313. The predicted octanol–water partition coefficient (Wildman–Crippen LogP) is 1.28. The molecule has 6 nitrogen and oxygen atoms in total. The van der Waals surface area contributed by atoms with E-state index in [1.807, 2.05) is 0 Å². The molecule has 1 aromatic carbocycles. The van der Waals surface area contributed by atoms with Gasteiger partial charge < -0.3 is 10.4 Å². The lowest BCUT2D eigenvalue weighted by Gasteiger charge is -2.26. The molecule has 1 aromatic rings. The Balaban J connectivity index is 2.23. The van der Waals surface area contributed by atoms with Crippen molar-refractivity contribution in [1.29, 1.82) is 0 Å². The molecule has 1 fully saturated rings. The van der Waals surface area contributed by atoms with Gasteiger partial charge in [0, 0.05) is 31.8 Å². The maximum atomic E-state index is 12.7. The molecule has 128 valence electrons. The summed E-state index contributed by atoms with van der Waals surface area (Å²) in [7, 11) is -3.55. The van der Waals surface area contributed by atoms with Gasteiger partial charge in [-0.3, -0.25) is 4.79 Å². The van der Waals surface area contributed by atoms with Crippen molar-refractivity contribution in [2.45, 2.75) is 37.5 Å². The van der Waals surface area contributed by atoms with Crippen LogP contribution in [0.1, 0.15) is 41.6 Å². The molecule has 1 heterocycles. The Morgan fingerprint density at radius 3 is 2.61 bits per heavy atom. The lowest BCUT2D eigenvalue weighted by molar-refractivity contribution is 0.0950. The van der Waals surface area contributed by atoms with Gasteiger partial charge in [0.05, 0.1) is 4.90 Å². The topological polar surface area (TPSA) is 86.7 Å². The molecule has 0 bridgehead atoms. The molecule has 0 aliphatic carbocycles. The first-order chi connectivity index (χ1) is 11.0. The van der Waals surface area contributed by atoms with Crippen molar-refractivity contribution in [3.05, 3.63) is 29.3 Å². The van der Waals surface area contributed by atoms with Gasteiger partial charge in [0.1, 0.15) is 0 Å². The Morgan fingerprint density at radius 2 is 1.96 bits per heavy atom. The molecule has 7 heteroatoms. The Morgan fingerprint density at radius 1 is 1.26 bits per heavy atom. The van der Waals surface area contributed by atoms with Crippen molar-refractivity contribution >= 4 is 15.9 Å². The Hall–Kier alpha value is -1.44. The number of amides is 1. The zero-order valence-electron chi connectivity index (χ0n) is 13.4. The van der Waals surface area contributed by atoms with Gasteiger partial charge >= 0.3 is 0 Å². The number of carbonyl (C=O) groups excluding carboxylic acids is 1. The number of hydrogen-bond acceptors (Lipinski definition) is 4. The van der Waals surface area contributed by atoms with E-state index in [0.717, 1.165) is 24.8 Å². The monoisotopic (exact) mass is 340 g/mol. The highest BCUT2D eigenvalue weighted by atomic mass is 32.2. The van der Waals surface area contributed by atoms with E-state index >= 15 is 0 Å². The Kier molecular flexibility index (Phi) is 6.15. The molecular formula is C16H24N2O4S. The molecular weight excluding hydrogens is 316 g/mol. The second kappa shape index (κ2) is 7.90. The van der Waals surface area contributed by atoms with E-state index in [1.165, 1.54) is 10.4 Å². The van der Waals surface area contributed by atoms with Gasteiger partial charge in [-0.05, 0) is 43.9 Å². The third-order valence-electron chi connectivity index (χ3n) is 4.03. The fraction of sp³-hybridized carbons (Fsp3) is 0.562. The average Bonchev–Trinajstić information content (AvgIpc) is 2.56. The number of benzene rings is 1. The van der Waals surface area contributed by atoms with Gasteiger partial charge in [-0.2, -0.15) is 4.31 Å². The molecule has 23 heavy (non-hydrogen) atoms. The number of nitrogens with one attached hydrogen (secondary N) is 1. The van der Waals surface area contributed by atoms with Crippen LogP contribution in [0.5, 0.6) is 0 Å². The second-order valence-corrected chi connectivity index (χ2v) is 7.71. The standard InChI is InChI=1S/C16H24N2O4S/c1-13-6-7-14(12-15(13)16(20)17-8-5-11-19)23(21,22)18-9-3-2-4-10-18/h6-7,12,19H,2-5,8-11H2,1H3,(H,17,20). The number of nitrogens with zero attached hydrogens (tertiary/aromatic N) is 1. The van der Waals surface area contributed by atoms with Gasteiger partial charge in [0.15, 0.2) is 0 Å². The number of rotatable bonds is 6. The number of aliphatic hydroxyl groups excluding tert-OH is 1. The molecule has 1 aliphatic heterocycles. The number of carbonyl (C=O) groups is 1. The van der Waals surface area contributed by atoms with Crippen molar-refractivity contribution in [2.75, 3.05) is 26.2 Å². The van der Waals surface area contributed by atoms with Crippen molar-refractivity contribution in [3.63, 3.8) is 0 Å². The normalized spacial score (nSPS) is 16.3. The minimum absolute atomic E-state index is 0.00262. The minimum atomic E-state index is -3.55. The largest absolute Gasteiger partial charge is 0.396 e. The van der Waals surface area contributed by atoms with Crippen molar-refractivity contribution in [3.8, 4) is 0 Å². The van der Waals surface area contributed by atoms with Crippen LogP contribution >= 0.6 is 0 Å². The summed E-state index contributed by atoms with van der Waals surface area (Å²) >= 11 is 0. The molecule has 0 aromatic heterocycles. The average molecular weight is 340 g/mol. The summed E-state index contributed by atoms with van der Waals surface area (Å²) in [6.07, 6.45) is 3.27. The summed E-state index contributed by atoms with van der Waals surface area (Å²) in [6, 6.07) is 4.68. The fourth-order valence-corrected chi connectivity index (χ4v) is 4.18. The van der Waals surface area contributed by atoms with Crippen LogP contribution in [0.25, 0.3) is 0 Å². The molecule has 0 atom stereocenters. The highest BCUT2D eigenvalue weighted by Crippen LogP contribution is 2.22. The Labute approximate surface area is 137 Å². The quantitative estimate of drug-likeness (QED) is 0.764. The smallest absolute Gasteiger partial charge is 0.251 e. The lowest BCUT2D eigenvalue weighted by atomic mass is 10.1. The third-order valence-corrected chi connectivity index (χ3v) is 5.92. The van der Waals surface area contributed by atoms with Crippen LogP contribution in [0, 0.1) is 6.92 Å². The number of sulfonamides is 1. The summed E-state index contributed by atoms with van der Waals surface area (Å²) < 4.78 is 26.9. The van der Waals surface area contributed by atoms with Crippen LogP contribution < -0.4 is 5.32 Å². The number of piperidine rings is 1. The van der Waals surface area contributed by atoms with Crippen molar-refractivity contribution < 1.29 is 18.3 Å². The van der Waals surface area contributed by atoms with Gasteiger partial charge in [-0.25, -0.2) is 8.42 Å². The molecule has 0 radical (unpaired) electrons. The van der Waals surface area contributed by atoms with Crippen LogP contribution in [0.2, 0.25) is 0 Å². The van der Waals surface area contributed by atoms with E-state index < -0.39 is 10.0 Å². The molecule has 0 spiro atoms. The number of aryl methyl sites for hydroxylation is 1. The van der Waals surface area contributed by atoms with Gasteiger partial charge in [0.2, 0.25) is 10.0 Å². The lowest BCUT2D eigenvalue weighted by Crippen LogP contribution is -2.35. The third kappa shape index (κ3) is 4.31. The van der Waals surface area contributed by atoms with Crippen LogP contribution in [0.3, 0.4) is 0 Å². The minimum Gasteiger partial charge on any atom is -0.396 e. The Bertz CT molecular complexity index is 652. The summed E-state index contributed by atoms with van der Waals surface area (Å²) in [4.78, 5) is 12.4.